The zero-order valence-electron chi connectivity index (χ0n) is 9.88. The highest BCUT2D eigenvalue weighted by atomic mass is 79.9. The standard InChI is InChI=1S/C13H8Br2Cl2N2O/c14-7-4-10(17)12(5-9(7)16)20-11-2-1-6(13(18)19)3-8(11)15/h1-5H,(H3,18,19). The Bertz CT molecular complexity index is 692. The first-order chi connectivity index (χ1) is 9.38. The van der Waals surface area contributed by atoms with Crippen molar-refractivity contribution in [1.82, 2.24) is 0 Å². The lowest BCUT2D eigenvalue weighted by molar-refractivity contribution is 0.480. The number of ether oxygens (including phenoxy) is 1. The molecule has 0 aliphatic heterocycles. The van der Waals surface area contributed by atoms with Crippen molar-refractivity contribution in [2.75, 3.05) is 0 Å². The Morgan fingerprint density at radius 3 is 2.30 bits per heavy atom. The topological polar surface area (TPSA) is 59.1 Å². The van der Waals surface area contributed by atoms with E-state index in [1.807, 2.05) is 0 Å². The molecular weight excluding hydrogens is 431 g/mol. The van der Waals surface area contributed by atoms with E-state index >= 15 is 0 Å². The molecule has 3 nitrogen and oxygen atoms in total. The lowest BCUT2D eigenvalue weighted by atomic mass is 10.2. The molecule has 20 heavy (non-hydrogen) atoms. The predicted molar refractivity (Wildman–Crippen MR) is 89.4 cm³/mol. The molecule has 0 bridgehead atoms. The fourth-order valence-electron chi connectivity index (χ4n) is 1.45. The van der Waals surface area contributed by atoms with E-state index in [1.54, 1.807) is 30.3 Å². The number of halogens is 4. The molecule has 0 heterocycles. The van der Waals surface area contributed by atoms with Crippen LogP contribution in [0.4, 0.5) is 0 Å². The van der Waals surface area contributed by atoms with Crippen LogP contribution in [0.5, 0.6) is 11.5 Å². The van der Waals surface area contributed by atoms with Gasteiger partial charge in [-0.15, -0.1) is 0 Å². The molecule has 0 amide bonds. The Kier molecular flexibility index (Phi) is 4.96. The molecule has 2 aromatic rings. The quantitative estimate of drug-likeness (QED) is 0.372. The van der Waals surface area contributed by atoms with Gasteiger partial charge in [-0.25, -0.2) is 0 Å². The molecule has 0 saturated carbocycles. The van der Waals surface area contributed by atoms with E-state index in [2.05, 4.69) is 31.9 Å². The van der Waals surface area contributed by atoms with Crippen molar-refractivity contribution in [1.29, 1.82) is 5.41 Å². The third kappa shape index (κ3) is 3.47. The van der Waals surface area contributed by atoms with Crippen LogP contribution in [0.3, 0.4) is 0 Å². The summed E-state index contributed by atoms with van der Waals surface area (Å²) < 4.78 is 7.08. The van der Waals surface area contributed by atoms with Crippen LogP contribution in [0.2, 0.25) is 10.0 Å². The van der Waals surface area contributed by atoms with Gasteiger partial charge in [-0.3, -0.25) is 5.41 Å². The molecule has 0 fully saturated rings. The highest BCUT2D eigenvalue weighted by molar-refractivity contribution is 9.10. The van der Waals surface area contributed by atoms with Crippen molar-refractivity contribution in [3.8, 4) is 11.5 Å². The van der Waals surface area contributed by atoms with Crippen LogP contribution in [-0.4, -0.2) is 5.84 Å². The van der Waals surface area contributed by atoms with Gasteiger partial charge in [0.15, 0.2) is 0 Å². The van der Waals surface area contributed by atoms with E-state index < -0.39 is 0 Å². The van der Waals surface area contributed by atoms with Crippen molar-refractivity contribution in [3.05, 3.63) is 54.9 Å². The van der Waals surface area contributed by atoms with Crippen molar-refractivity contribution in [3.63, 3.8) is 0 Å². The maximum absolute atomic E-state index is 7.38. The minimum atomic E-state index is -0.0121. The average molecular weight is 439 g/mol. The third-order valence-electron chi connectivity index (χ3n) is 2.44. The number of nitrogens with one attached hydrogen (secondary N) is 1. The number of hydrogen-bond donors (Lipinski definition) is 2. The monoisotopic (exact) mass is 436 g/mol. The molecule has 3 N–H and O–H groups in total. The van der Waals surface area contributed by atoms with Gasteiger partial charge < -0.3 is 10.5 Å². The maximum atomic E-state index is 7.38. The van der Waals surface area contributed by atoms with Gasteiger partial charge in [-0.1, -0.05) is 23.2 Å². The minimum Gasteiger partial charge on any atom is -0.455 e. The summed E-state index contributed by atoms with van der Waals surface area (Å²) in [6, 6.07) is 8.38. The fraction of sp³-hybridized carbons (Fsp3) is 0. The average Bonchev–Trinajstić information content (AvgIpc) is 2.37. The van der Waals surface area contributed by atoms with Gasteiger partial charge in [0.05, 0.1) is 14.5 Å². The molecule has 104 valence electrons. The van der Waals surface area contributed by atoms with Crippen molar-refractivity contribution >= 4 is 60.9 Å². The number of nitrogen functional groups attached to an aromatic ring is 1. The summed E-state index contributed by atoms with van der Waals surface area (Å²) in [7, 11) is 0. The second-order valence-corrected chi connectivity index (χ2v) is 6.38. The van der Waals surface area contributed by atoms with E-state index in [4.69, 9.17) is 39.1 Å². The number of nitrogens with two attached hydrogens (primary N) is 1. The normalized spacial score (nSPS) is 10.4. The molecular formula is C13H8Br2Cl2N2O. The van der Waals surface area contributed by atoms with Crippen LogP contribution in [0.25, 0.3) is 0 Å². The zero-order chi connectivity index (χ0) is 14.9. The summed E-state index contributed by atoms with van der Waals surface area (Å²) in [4.78, 5) is 0. The molecule has 0 aromatic heterocycles. The molecule has 0 atom stereocenters. The number of rotatable bonds is 3. The van der Waals surface area contributed by atoms with Crippen LogP contribution in [0.15, 0.2) is 39.3 Å². The summed E-state index contributed by atoms with van der Waals surface area (Å²) >= 11 is 18.8. The molecule has 7 heteroatoms. The highest BCUT2D eigenvalue weighted by Gasteiger charge is 2.11. The largest absolute Gasteiger partial charge is 0.455 e. The molecule has 0 spiro atoms. The first kappa shape index (κ1) is 15.6. The molecule has 2 aromatic carbocycles. The van der Waals surface area contributed by atoms with Crippen molar-refractivity contribution in [2.45, 2.75) is 0 Å². The Balaban J connectivity index is 2.35. The second-order valence-electron chi connectivity index (χ2n) is 3.86. The molecule has 0 aliphatic rings. The van der Waals surface area contributed by atoms with Gasteiger partial charge in [0, 0.05) is 16.1 Å². The maximum Gasteiger partial charge on any atom is 0.147 e. The Hall–Kier alpha value is -0.750. The lowest BCUT2D eigenvalue weighted by Gasteiger charge is -2.11. The number of hydrogen-bond acceptors (Lipinski definition) is 2. The number of benzene rings is 2. The van der Waals surface area contributed by atoms with Crippen LogP contribution in [0, 0.1) is 5.41 Å². The summed E-state index contributed by atoms with van der Waals surface area (Å²) in [6.45, 7) is 0. The summed E-state index contributed by atoms with van der Waals surface area (Å²) in [5.41, 5.74) is 6.02. The van der Waals surface area contributed by atoms with Gasteiger partial charge in [0.2, 0.25) is 0 Å². The Morgan fingerprint density at radius 1 is 1.00 bits per heavy atom. The van der Waals surface area contributed by atoms with E-state index in [0.29, 0.717) is 36.1 Å². The van der Waals surface area contributed by atoms with Crippen molar-refractivity contribution < 1.29 is 4.74 Å². The van der Waals surface area contributed by atoms with E-state index in [9.17, 15) is 0 Å². The third-order valence-corrected chi connectivity index (χ3v) is 4.55. The SMILES string of the molecule is N=C(N)c1ccc(Oc2cc(Cl)c(Br)cc2Cl)c(Br)c1. The fourth-order valence-corrected chi connectivity index (χ4v) is 2.74. The van der Waals surface area contributed by atoms with Gasteiger partial charge >= 0.3 is 0 Å². The smallest absolute Gasteiger partial charge is 0.147 e. The van der Waals surface area contributed by atoms with Crippen LogP contribution in [-0.2, 0) is 0 Å². The molecule has 0 aliphatic carbocycles. The first-order valence-electron chi connectivity index (χ1n) is 5.35. The van der Waals surface area contributed by atoms with Crippen LogP contribution in [0.1, 0.15) is 5.56 Å². The Labute approximate surface area is 142 Å². The molecule has 0 radical (unpaired) electrons. The predicted octanol–water partition coefficient (Wildman–Crippen LogP) is 5.59. The molecule has 0 saturated heterocycles. The first-order valence-corrected chi connectivity index (χ1v) is 7.69. The van der Waals surface area contributed by atoms with E-state index in [0.717, 1.165) is 0 Å². The molecule has 0 unspecified atom stereocenters. The molecule has 2 rings (SSSR count). The van der Waals surface area contributed by atoms with Gasteiger partial charge in [-0.2, -0.15) is 0 Å². The lowest BCUT2D eigenvalue weighted by Crippen LogP contribution is -2.10. The van der Waals surface area contributed by atoms with Crippen LogP contribution >= 0.6 is 55.1 Å². The Morgan fingerprint density at radius 2 is 1.70 bits per heavy atom. The van der Waals surface area contributed by atoms with Crippen LogP contribution < -0.4 is 10.5 Å². The zero-order valence-corrected chi connectivity index (χ0v) is 14.6. The number of amidine groups is 1. The summed E-state index contributed by atoms with van der Waals surface area (Å²) in [5.74, 6) is 0.980. The summed E-state index contributed by atoms with van der Waals surface area (Å²) in [6.07, 6.45) is 0. The van der Waals surface area contributed by atoms with Crippen molar-refractivity contribution in [2.24, 2.45) is 5.73 Å². The van der Waals surface area contributed by atoms with Gasteiger partial charge in [0.1, 0.15) is 17.3 Å². The minimum absolute atomic E-state index is 0.0121. The summed E-state index contributed by atoms with van der Waals surface area (Å²) in [5, 5.41) is 8.32. The van der Waals surface area contributed by atoms with Gasteiger partial charge in [0.25, 0.3) is 0 Å². The second kappa shape index (κ2) is 6.35. The highest BCUT2D eigenvalue weighted by Crippen LogP contribution is 2.38. The van der Waals surface area contributed by atoms with Gasteiger partial charge in [-0.05, 0) is 56.1 Å². The van der Waals surface area contributed by atoms with E-state index in [-0.39, 0.29) is 5.84 Å². The van der Waals surface area contributed by atoms with E-state index in [1.165, 1.54) is 0 Å².